The van der Waals surface area contributed by atoms with Gasteiger partial charge in [0.25, 0.3) is 5.91 Å². The van der Waals surface area contributed by atoms with E-state index in [4.69, 9.17) is 27.9 Å². The van der Waals surface area contributed by atoms with Crippen LogP contribution in [0.25, 0.3) is 0 Å². The summed E-state index contributed by atoms with van der Waals surface area (Å²) in [5.41, 5.74) is 1.23. The summed E-state index contributed by atoms with van der Waals surface area (Å²) in [6.45, 7) is 5.72. The molecule has 0 aliphatic carbocycles. The molecule has 0 bridgehead atoms. The number of hydrogen-bond acceptors (Lipinski definition) is 4. The van der Waals surface area contributed by atoms with Crippen molar-refractivity contribution >= 4 is 35.4 Å². The van der Waals surface area contributed by atoms with Gasteiger partial charge in [-0.15, -0.1) is 0 Å². The van der Waals surface area contributed by atoms with Crippen LogP contribution in [0, 0.1) is 5.82 Å². The van der Waals surface area contributed by atoms with Crippen LogP contribution in [0.4, 0.5) is 4.39 Å². The summed E-state index contributed by atoms with van der Waals surface area (Å²) in [6, 6.07) is 9.47. The summed E-state index contributed by atoms with van der Waals surface area (Å²) in [5.74, 6) is -0.284. The lowest BCUT2D eigenvalue weighted by Gasteiger charge is -2.44. The second-order valence-corrected chi connectivity index (χ2v) is 8.36. The summed E-state index contributed by atoms with van der Waals surface area (Å²) >= 11 is 12.0. The van der Waals surface area contributed by atoms with Crippen molar-refractivity contribution in [3.05, 3.63) is 63.4 Å². The highest BCUT2D eigenvalue weighted by molar-refractivity contribution is 6.36. The Morgan fingerprint density at radius 1 is 1.17 bits per heavy atom. The molecule has 0 saturated carbocycles. The van der Waals surface area contributed by atoms with Gasteiger partial charge in [0.2, 0.25) is 0 Å². The maximum atomic E-state index is 13.1. The maximum absolute atomic E-state index is 13.1. The summed E-state index contributed by atoms with van der Waals surface area (Å²) in [5, 5.41) is 0.503. The minimum Gasteiger partial charge on any atom is -0.481 e. The van der Waals surface area contributed by atoms with Crippen molar-refractivity contribution in [3.63, 3.8) is 0 Å². The van der Waals surface area contributed by atoms with Crippen LogP contribution in [0.1, 0.15) is 29.8 Å². The van der Waals surface area contributed by atoms with Crippen LogP contribution in [0.5, 0.6) is 5.75 Å². The summed E-state index contributed by atoms with van der Waals surface area (Å²) < 4.78 is 18.7. The van der Waals surface area contributed by atoms with E-state index in [-0.39, 0.29) is 46.8 Å². The predicted octanol–water partition coefficient (Wildman–Crippen LogP) is 4.45. The van der Waals surface area contributed by atoms with Crippen LogP contribution in [0.2, 0.25) is 10.0 Å². The zero-order valence-corrected chi connectivity index (χ0v) is 18.3. The van der Waals surface area contributed by atoms with Crippen molar-refractivity contribution in [1.29, 1.82) is 0 Å². The highest BCUT2D eigenvalue weighted by Crippen LogP contribution is 2.31. The molecule has 1 heterocycles. The average molecular weight is 453 g/mol. The number of amides is 1. The Morgan fingerprint density at radius 2 is 1.87 bits per heavy atom. The van der Waals surface area contributed by atoms with Gasteiger partial charge in [-0.3, -0.25) is 14.5 Å². The Morgan fingerprint density at radius 3 is 2.53 bits per heavy atom. The lowest BCUT2D eigenvalue weighted by atomic mass is 10.1. The average Bonchev–Trinajstić information content (AvgIpc) is 2.70. The van der Waals surface area contributed by atoms with Gasteiger partial charge in [-0.1, -0.05) is 35.3 Å². The van der Waals surface area contributed by atoms with Gasteiger partial charge in [-0.2, -0.15) is 0 Å². The van der Waals surface area contributed by atoms with E-state index in [2.05, 4.69) is 11.8 Å². The van der Waals surface area contributed by atoms with Crippen molar-refractivity contribution in [2.75, 3.05) is 19.7 Å². The van der Waals surface area contributed by atoms with Gasteiger partial charge in [-0.05, 0) is 43.7 Å². The number of nitrogens with zero attached hydrogens (tertiary/aromatic N) is 2. The van der Waals surface area contributed by atoms with E-state index >= 15 is 0 Å². The van der Waals surface area contributed by atoms with Crippen LogP contribution in [-0.4, -0.2) is 53.8 Å². The molecular formula is C22H23Cl2FN2O3. The Labute approximate surface area is 185 Å². The quantitative estimate of drug-likeness (QED) is 0.607. The molecule has 160 valence electrons. The Hall–Kier alpha value is -2.15. The van der Waals surface area contributed by atoms with Gasteiger partial charge >= 0.3 is 0 Å². The van der Waals surface area contributed by atoms with E-state index in [1.807, 2.05) is 6.92 Å². The molecule has 1 fully saturated rings. The topological polar surface area (TPSA) is 49.9 Å². The van der Waals surface area contributed by atoms with E-state index in [1.54, 1.807) is 17.0 Å². The fourth-order valence-corrected chi connectivity index (χ4v) is 4.19. The van der Waals surface area contributed by atoms with Crippen LogP contribution in [-0.2, 0) is 11.3 Å². The van der Waals surface area contributed by atoms with Gasteiger partial charge in [0.15, 0.2) is 12.9 Å². The highest BCUT2D eigenvalue weighted by atomic mass is 35.5. The third-order valence-electron chi connectivity index (χ3n) is 5.24. The Bertz CT molecular complexity index is 923. The summed E-state index contributed by atoms with van der Waals surface area (Å²) in [7, 11) is 0. The molecule has 0 radical (unpaired) electrons. The molecular weight excluding hydrogens is 430 g/mol. The third kappa shape index (κ3) is 5.31. The fraction of sp³-hybridized carbons (Fsp3) is 0.364. The number of aldehydes is 1. The van der Waals surface area contributed by atoms with E-state index in [1.165, 1.54) is 24.3 Å². The zero-order chi connectivity index (χ0) is 21.8. The molecule has 1 saturated heterocycles. The molecule has 2 aromatic rings. The molecule has 2 aromatic carbocycles. The second-order valence-electron chi connectivity index (χ2n) is 7.51. The first-order valence-electron chi connectivity index (χ1n) is 9.63. The highest BCUT2D eigenvalue weighted by Gasteiger charge is 2.32. The third-order valence-corrected chi connectivity index (χ3v) is 5.74. The number of carbonyl (C=O) groups excluding carboxylic acids is 2. The number of benzene rings is 2. The van der Waals surface area contributed by atoms with Crippen LogP contribution in [0.15, 0.2) is 36.4 Å². The Balaban J connectivity index is 1.61. The molecule has 30 heavy (non-hydrogen) atoms. The predicted molar refractivity (Wildman–Crippen MR) is 115 cm³/mol. The lowest BCUT2D eigenvalue weighted by molar-refractivity contribution is -0.139. The molecule has 0 spiro atoms. The first kappa shape index (κ1) is 22.5. The zero-order valence-electron chi connectivity index (χ0n) is 16.8. The first-order valence-corrected chi connectivity index (χ1v) is 10.4. The van der Waals surface area contributed by atoms with Crippen LogP contribution >= 0.6 is 23.2 Å². The van der Waals surface area contributed by atoms with Crippen molar-refractivity contribution < 1.29 is 18.7 Å². The van der Waals surface area contributed by atoms with Gasteiger partial charge in [0.1, 0.15) is 11.6 Å². The van der Waals surface area contributed by atoms with Gasteiger partial charge in [0.05, 0.1) is 10.6 Å². The maximum Gasteiger partial charge on any atom is 0.260 e. The van der Waals surface area contributed by atoms with E-state index in [0.717, 1.165) is 5.56 Å². The smallest absolute Gasteiger partial charge is 0.260 e. The van der Waals surface area contributed by atoms with E-state index in [9.17, 15) is 14.0 Å². The van der Waals surface area contributed by atoms with Crippen molar-refractivity contribution in [2.45, 2.75) is 32.5 Å². The molecule has 0 unspecified atom stereocenters. The number of piperazine rings is 1. The molecule has 1 aliphatic heterocycles. The first-order chi connectivity index (χ1) is 14.3. The number of rotatable bonds is 6. The van der Waals surface area contributed by atoms with Crippen LogP contribution < -0.4 is 4.74 Å². The van der Waals surface area contributed by atoms with Crippen molar-refractivity contribution in [3.8, 4) is 5.75 Å². The fourth-order valence-electron chi connectivity index (χ4n) is 3.63. The second kappa shape index (κ2) is 9.77. The van der Waals surface area contributed by atoms with Gasteiger partial charge in [-0.25, -0.2) is 4.39 Å². The summed E-state index contributed by atoms with van der Waals surface area (Å²) in [6.07, 6.45) is 0.594. The molecule has 8 heteroatoms. The molecule has 5 nitrogen and oxygen atoms in total. The molecule has 3 rings (SSSR count). The minimum atomic E-state index is -0.255. The molecule has 0 N–H and O–H groups in total. The number of hydrogen-bond donors (Lipinski definition) is 0. The normalized spacial score (nSPS) is 19.6. The number of halogens is 3. The molecule has 1 amide bonds. The molecule has 0 aromatic heterocycles. The Kier molecular flexibility index (Phi) is 7.34. The largest absolute Gasteiger partial charge is 0.481 e. The monoisotopic (exact) mass is 452 g/mol. The lowest BCUT2D eigenvalue weighted by Crippen LogP contribution is -2.58. The van der Waals surface area contributed by atoms with Crippen molar-refractivity contribution in [1.82, 2.24) is 9.80 Å². The summed E-state index contributed by atoms with van der Waals surface area (Å²) in [4.78, 5) is 28.1. The van der Waals surface area contributed by atoms with Gasteiger partial charge in [0, 0.05) is 36.7 Å². The van der Waals surface area contributed by atoms with E-state index in [0.29, 0.717) is 30.9 Å². The standard InChI is InChI=1S/C22H23Cl2FN2O3/c1-14-10-27(15(2)9-26(14)11-16-3-5-19(25)6-4-16)21(29)13-30-22-17(12-28)7-18(23)8-20(22)24/h3-8,12,14-15H,9-11,13H2,1-2H3/t14-,15+/m0/s1. The van der Waals surface area contributed by atoms with E-state index < -0.39 is 0 Å². The molecule has 1 aliphatic rings. The minimum absolute atomic E-state index is 0.0241. The van der Waals surface area contributed by atoms with Crippen LogP contribution in [0.3, 0.4) is 0 Å². The van der Waals surface area contributed by atoms with Gasteiger partial charge < -0.3 is 9.64 Å². The number of ether oxygens (including phenoxy) is 1. The number of carbonyl (C=O) groups is 2. The SMILES string of the molecule is C[C@@H]1CN(Cc2ccc(F)cc2)[C@@H](C)CN1C(=O)COc1c(Cl)cc(Cl)cc1C=O. The molecule has 2 atom stereocenters. The van der Waals surface area contributed by atoms with Crippen molar-refractivity contribution in [2.24, 2.45) is 0 Å².